The minimum atomic E-state index is -0.857. The smallest absolute Gasteiger partial charge is 0.271 e. The Kier molecular flexibility index (Phi) is 4.89. The van der Waals surface area contributed by atoms with Crippen LogP contribution in [0.1, 0.15) is 28.5 Å². The molecular weight excluding hydrogens is 328 g/mol. The number of anilines is 1. The number of carbonyl (C=O) groups is 1. The standard InChI is InChI=1S/C17H19F2N5O/c1-20-17(25)14-5-6-15(23-22-14)21-13-7-8-24(2)16(13)10-3-4-11(18)12(19)9-10/h3-6,9,13,16H,7-8H2,1-2H3,(H,20,25)(H,21,23)/t13-,16-/m1/s1. The molecule has 25 heavy (non-hydrogen) atoms. The molecule has 8 heteroatoms. The van der Waals surface area contributed by atoms with Crippen LogP contribution in [0.2, 0.25) is 0 Å². The van der Waals surface area contributed by atoms with Gasteiger partial charge in [0.1, 0.15) is 5.82 Å². The molecule has 0 aliphatic carbocycles. The Morgan fingerprint density at radius 1 is 1.20 bits per heavy atom. The number of nitrogens with zero attached hydrogens (tertiary/aromatic N) is 3. The van der Waals surface area contributed by atoms with Gasteiger partial charge in [-0.15, -0.1) is 10.2 Å². The highest BCUT2D eigenvalue weighted by atomic mass is 19.2. The summed E-state index contributed by atoms with van der Waals surface area (Å²) in [5.74, 6) is -1.49. The van der Waals surface area contributed by atoms with Crippen LogP contribution in [0.3, 0.4) is 0 Å². The lowest BCUT2D eigenvalue weighted by atomic mass is 10.00. The van der Waals surface area contributed by atoms with Crippen molar-refractivity contribution in [1.82, 2.24) is 20.4 Å². The van der Waals surface area contributed by atoms with E-state index in [0.717, 1.165) is 19.0 Å². The summed E-state index contributed by atoms with van der Waals surface area (Å²) in [6.45, 7) is 0.811. The topological polar surface area (TPSA) is 70.2 Å². The van der Waals surface area contributed by atoms with Crippen LogP contribution in [0.15, 0.2) is 30.3 Å². The maximum absolute atomic E-state index is 13.6. The number of amides is 1. The molecule has 0 bridgehead atoms. The molecule has 1 aromatic carbocycles. The van der Waals surface area contributed by atoms with Gasteiger partial charge in [-0.3, -0.25) is 9.69 Å². The van der Waals surface area contributed by atoms with E-state index in [4.69, 9.17) is 0 Å². The summed E-state index contributed by atoms with van der Waals surface area (Å²) in [5.41, 5.74) is 0.931. The molecule has 132 valence electrons. The molecule has 0 unspecified atom stereocenters. The molecule has 2 N–H and O–H groups in total. The highest BCUT2D eigenvalue weighted by Gasteiger charge is 2.33. The van der Waals surface area contributed by atoms with Gasteiger partial charge in [0.25, 0.3) is 5.91 Å². The van der Waals surface area contributed by atoms with Crippen molar-refractivity contribution in [3.8, 4) is 0 Å². The molecule has 0 saturated carbocycles. The Hall–Kier alpha value is -2.61. The second-order valence-corrected chi connectivity index (χ2v) is 6.02. The Labute approximate surface area is 144 Å². The largest absolute Gasteiger partial charge is 0.364 e. The molecule has 0 radical (unpaired) electrons. The van der Waals surface area contributed by atoms with E-state index in [1.54, 1.807) is 18.2 Å². The third-order valence-electron chi connectivity index (χ3n) is 4.39. The monoisotopic (exact) mass is 347 g/mol. The van der Waals surface area contributed by atoms with Crippen LogP contribution in [-0.2, 0) is 0 Å². The Morgan fingerprint density at radius 2 is 2.00 bits per heavy atom. The van der Waals surface area contributed by atoms with Gasteiger partial charge in [-0.05, 0) is 43.3 Å². The van der Waals surface area contributed by atoms with Gasteiger partial charge in [0.05, 0.1) is 6.04 Å². The summed E-state index contributed by atoms with van der Waals surface area (Å²) in [4.78, 5) is 13.6. The number of likely N-dealkylation sites (tertiary alicyclic amines) is 1. The van der Waals surface area contributed by atoms with E-state index < -0.39 is 11.6 Å². The van der Waals surface area contributed by atoms with Crippen LogP contribution < -0.4 is 10.6 Å². The first-order chi connectivity index (χ1) is 12.0. The van der Waals surface area contributed by atoms with Gasteiger partial charge in [-0.2, -0.15) is 0 Å². The first kappa shape index (κ1) is 17.2. The average molecular weight is 347 g/mol. The van der Waals surface area contributed by atoms with Gasteiger partial charge in [0.15, 0.2) is 17.3 Å². The first-order valence-corrected chi connectivity index (χ1v) is 7.97. The maximum atomic E-state index is 13.6. The molecule has 1 aromatic heterocycles. The predicted octanol–water partition coefficient (Wildman–Crippen LogP) is 1.97. The van der Waals surface area contributed by atoms with Crippen LogP contribution >= 0.6 is 0 Å². The van der Waals surface area contributed by atoms with Crippen LogP contribution in [0.25, 0.3) is 0 Å². The predicted molar refractivity (Wildman–Crippen MR) is 89.2 cm³/mol. The zero-order chi connectivity index (χ0) is 18.0. The van der Waals surface area contributed by atoms with Crippen molar-refractivity contribution in [2.75, 3.05) is 26.0 Å². The molecule has 1 amide bonds. The van der Waals surface area contributed by atoms with Gasteiger partial charge >= 0.3 is 0 Å². The number of aromatic nitrogens is 2. The lowest BCUT2D eigenvalue weighted by Crippen LogP contribution is -2.29. The maximum Gasteiger partial charge on any atom is 0.271 e. The van der Waals surface area contributed by atoms with E-state index in [0.29, 0.717) is 11.4 Å². The summed E-state index contributed by atoms with van der Waals surface area (Å²) in [7, 11) is 3.46. The molecular formula is C17H19F2N5O. The Balaban J connectivity index is 1.78. The summed E-state index contributed by atoms with van der Waals surface area (Å²) in [6.07, 6.45) is 0.818. The van der Waals surface area contributed by atoms with Gasteiger partial charge in [0, 0.05) is 19.6 Å². The lowest BCUT2D eigenvalue weighted by Gasteiger charge is -2.26. The molecule has 1 saturated heterocycles. The normalized spacial score (nSPS) is 20.5. The van der Waals surface area contributed by atoms with Gasteiger partial charge in [-0.1, -0.05) is 6.07 Å². The minimum absolute atomic E-state index is 0.0324. The number of likely N-dealkylation sites (N-methyl/N-ethyl adjacent to an activating group) is 1. The molecule has 2 atom stereocenters. The van der Waals surface area contributed by atoms with E-state index in [-0.39, 0.29) is 23.7 Å². The van der Waals surface area contributed by atoms with E-state index in [1.807, 2.05) is 7.05 Å². The second-order valence-electron chi connectivity index (χ2n) is 6.02. The highest BCUT2D eigenvalue weighted by molar-refractivity contribution is 5.91. The van der Waals surface area contributed by atoms with Crippen molar-refractivity contribution in [3.63, 3.8) is 0 Å². The Bertz CT molecular complexity index is 768. The van der Waals surface area contributed by atoms with Crippen molar-refractivity contribution < 1.29 is 13.6 Å². The van der Waals surface area contributed by atoms with E-state index in [2.05, 4.69) is 25.7 Å². The molecule has 6 nitrogen and oxygen atoms in total. The second kappa shape index (κ2) is 7.10. The molecule has 3 rings (SSSR count). The van der Waals surface area contributed by atoms with Crippen molar-refractivity contribution in [1.29, 1.82) is 0 Å². The fourth-order valence-electron chi connectivity index (χ4n) is 3.13. The van der Waals surface area contributed by atoms with Crippen molar-refractivity contribution in [3.05, 3.63) is 53.2 Å². The van der Waals surface area contributed by atoms with Crippen LogP contribution in [0.5, 0.6) is 0 Å². The molecule has 1 aliphatic heterocycles. The average Bonchev–Trinajstić information content (AvgIpc) is 2.98. The zero-order valence-electron chi connectivity index (χ0n) is 14.0. The summed E-state index contributed by atoms with van der Waals surface area (Å²) < 4.78 is 26.8. The number of nitrogens with one attached hydrogen (secondary N) is 2. The minimum Gasteiger partial charge on any atom is -0.364 e. The summed E-state index contributed by atoms with van der Waals surface area (Å²) in [5, 5.41) is 13.7. The summed E-state index contributed by atoms with van der Waals surface area (Å²) >= 11 is 0. The quantitative estimate of drug-likeness (QED) is 0.885. The van der Waals surface area contributed by atoms with Crippen LogP contribution in [0.4, 0.5) is 14.6 Å². The number of rotatable bonds is 4. The lowest BCUT2D eigenvalue weighted by molar-refractivity contribution is 0.0957. The number of carbonyl (C=O) groups excluding carboxylic acids is 1. The third kappa shape index (κ3) is 3.58. The molecule has 0 spiro atoms. The first-order valence-electron chi connectivity index (χ1n) is 7.97. The third-order valence-corrected chi connectivity index (χ3v) is 4.39. The SMILES string of the molecule is CNC(=O)c1ccc(N[C@@H]2CCN(C)[C@@H]2c2ccc(F)c(F)c2)nn1. The molecule has 1 aliphatic rings. The molecule has 2 heterocycles. The Morgan fingerprint density at radius 3 is 2.64 bits per heavy atom. The molecule has 2 aromatic rings. The number of hydrogen-bond acceptors (Lipinski definition) is 5. The van der Waals surface area contributed by atoms with E-state index in [1.165, 1.54) is 13.1 Å². The number of halogens is 2. The fraction of sp³-hybridized carbons (Fsp3) is 0.353. The number of hydrogen-bond donors (Lipinski definition) is 2. The zero-order valence-corrected chi connectivity index (χ0v) is 14.0. The molecule has 1 fully saturated rings. The van der Waals surface area contributed by atoms with Gasteiger partial charge in [0.2, 0.25) is 0 Å². The highest BCUT2D eigenvalue weighted by Crippen LogP contribution is 2.33. The van der Waals surface area contributed by atoms with E-state index in [9.17, 15) is 13.6 Å². The van der Waals surface area contributed by atoms with Crippen molar-refractivity contribution in [2.45, 2.75) is 18.5 Å². The van der Waals surface area contributed by atoms with Crippen molar-refractivity contribution >= 4 is 11.7 Å². The van der Waals surface area contributed by atoms with Gasteiger partial charge in [-0.25, -0.2) is 8.78 Å². The van der Waals surface area contributed by atoms with Gasteiger partial charge < -0.3 is 10.6 Å². The van der Waals surface area contributed by atoms with Crippen LogP contribution in [-0.4, -0.2) is 47.7 Å². The summed E-state index contributed by atoms with van der Waals surface area (Å²) in [6, 6.07) is 7.09. The number of benzene rings is 1. The van der Waals surface area contributed by atoms with Crippen LogP contribution in [0, 0.1) is 11.6 Å². The van der Waals surface area contributed by atoms with Crippen molar-refractivity contribution in [2.24, 2.45) is 0 Å². The van der Waals surface area contributed by atoms with E-state index >= 15 is 0 Å². The fourth-order valence-corrected chi connectivity index (χ4v) is 3.13.